The molecule has 0 fully saturated rings. The average molecular weight is 457 g/mol. The zero-order valence-electron chi connectivity index (χ0n) is 19.5. The molecule has 0 radical (unpaired) electrons. The highest BCUT2D eigenvalue weighted by Gasteiger charge is 2.25. The molecule has 1 aromatic heterocycles. The van der Waals surface area contributed by atoms with Crippen molar-refractivity contribution >= 4 is 16.8 Å². The van der Waals surface area contributed by atoms with Gasteiger partial charge in [-0.25, -0.2) is 9.78 Å². The molecular formula is C28H28N2O4. The van der Waals surface area contributed by atoms with Gasteiger partial charge in [-0.05, 0) is 35.6 Å². The summed E-state index contributed by atoms with van der Waals surface area (Å²) >= 11 is 0. The molecule has 0 saturated carbocycles. The number of hydrogen-bond donors (Lipinski definition) is 1. The third kappa shape index (κ3) is 5.24. The third-order valence-electron chi connectivity index (χ3n) is 5.72. The molecule has 4 aromatic rings. The Kier molecular flexibility index (Phi) is 7.18. The molecule has 1 amide bonds. The Labute approximate surface area is 198 Å². The summed E-state index contributed by atoms with van der Waals surface area (Å²) in [6, 6.07) is 24.4. The Morgan fingerprint density at radius 1 is 0.941 bits per heavy atom. The highest BCUT2D eigenvalue weighted by molar-refractivity contribution is 5.81. The first-order valence-electron chi connectivity index (χ1n) is 11.3. The fourth-order valence-electron chi connectivity index (χ4n) is 3.96. The summed E-state index contributed by atoms with van der Waals surface area (Å²) in [6.07, 6.45) is -0.384. The quantitative estimate of drug-likeness (QED) is 0.398. The SMILES string of the molecule is Cc1cccc2nc([C@@H](NC(=O)COC(c3ccccc3)c3ccccc3)C(C)C)oc(=O)c12. The highest BCUT2D eigenvalue weighted by Crippen LogP contribution is 2.26. The zero-order chi connectivity index (χ0) is 24.1. The maximum absolute atomic E-state index is 12.9. The van der Waals surface area contributed by atoms with E-state index in [1.165, 1.54) is 0 Å². The number of rotatable bonds is 8. The molecule has 0 aliphatic heterocycles. The minimum Gasteiger partial charge on any atom is -0.406 e. The molecule has 0 saturated heterocycles. The lowest BCUT2D eigenvalue weighted by Crippen LogP contribution is -2.35. The number of ether oxygens (including phenoxy) is 1. The van der Waals surface area contributed by atoms with E-state index in [9.17, 15) is 9.59 Å². The van der Waals surface area contributed by atoms with E-state index in [2.05, 4.69) is 10.3 Å². The van der Waals surface area contributed by atoms with Crippen LogP contribution in [-0.4, -0.2) is 17.5 Å². The van der Waals surface area contributed by atoms with E-state index in [-0.39, 0.29) is 30.4 Å². The lowest BCUT2D eigenvalue weighted by Gasteiger charge is -2.22. The van der Waals surface area contributed by atoms with E-state index in [0.717, 1.165) is 16.7 Å². The standard InChI is InChI=1S/C28H28N2O4/c1-18(2)25(27-29-22-16-10-11-19(3)24(22)28(32)34-27)30-23(31)17-33-26(20-12-6-4-7-13-20)21-14-8-5-9-15-21/h4-16,18,25-26H,17H2,1-3H3,(H,30,31)/t25-/m0/s1. The number of nitrogens with one attached hydrogen (secondary N) is 1. The monoisotopic (exact) mass is 456 g/mol. The number of carbonyl (C=O) groups excluding carboxylic acids is 1. The molecule has 3 aromatic carbocycles. The van der Waals surface area contributed by atoms with Crippen LogP contribution in [-0.2, 0) is 9.53 Å². The Morgan fingerprint density at radius 2 is 1.56 bits per heavy atom. The third-order valence-corrected chi connectivity index (χ3v) is 5.72. The van der Waals surface area contributed by atoms with Gasteiger partial charge in [0.2, 0.25) is 11.8 Å². The molecule has 174 valence electrons. The van der Waals surface area contributed by atoms with Crippen molar-refractivity contribution in [3.8, 4) is 0 Å². The summed E-state index contributed by atoms with van der Waals surface area (Å²) in [5.74, 6) is -0.181. The van der Waals surface area contributed by atoms with Crippen molar-refractivity contribution in [2.45, 2.75) is 32.9 Å². The molecule has 0 spiro atoms. The van der Waals surface area contributed by atoms with Gasteiger partial charge in [-0.1, -0.05) is 86.6 Å². The van der Waals surface area contributed by atoms with Gasteiger partial charge in [0.25, 0.3) is 0 Å². The van der Waals surface area contributed by atoms with E-state index < -0.39 is 11.7 Å². The average Bonchev–Trinajstić information content (AvgIpc) is 2.83. The van der Waals surface area contributed by atoms with Crippen molar-refractivity contribution in [3.63, 3.8) is 0 Å². The first-order valence-corrected chi connectivity index (χ1v) is 11.3. The molecular weight excluding hydrogens is 428 g/mol. The first kappa shape index (κ1) is 23.4. The lowest BCUT2D eigenvalue weighted by atomic mass is 10.0. The molecule has 4 rings (SSSR count). The fraction of sp³-hybridized carbons (Fsp3) is 0.250. The maximum atomic E-state index is 12.9. The molecule has 1 N–H and O–H groups in total. The van der Waals surface area contributed by atoms with Crippen LogP contribution in [0.3, 0.4) is 0 Å². The summed E-state index contributed by atoms with van der Waals surface area (Å²) in [4.78, 5) is 30.1. The van der Waals surface area contributed by atoms with Crippen LogP contribution in [0.1, 0.15) is 48.6 Å². The maximum Gasteiger partial charge on any atom is 0.347 e. The molecule has 0 aliphatic carbocycles. The second-order valence-corrected chi connectivity index (χ2v) is 8.61. The van der Waals surface area contributed by atoms with Crippen LogP contribution in [0.4, 0.5) is 0 Å². The molecule has 0 bridgehead atoms. The van der Waals surface area contributed by atoms with E-state index in [0.29, 0.717) is 10.9 Å². The van der Waals surface area contributed by atoms with Crippen molar-refractivity contribution in [2.75, 3.05) is 6.61 Å². The van der Waals surface area contributed by atoms with Crippen LogP contribution >= 0.6 is 0 Å². The molecule has 0 unspecified atom stereocenters. The van der Waals surface area contributed by atoms with Crippen molar-refractivity contribution in [2.24, 2.45) is 5.92 Å². The molecule has 1 heterocycles. The minimum atomic E-state index is -0.569. The Hall–Kier alpha value is -3.77. The number of hydrogen-bond acceptors (Lipinski definition) is 5. The van der Waals surface area contributed by atoms with Crippen molar-refractivity contribution in [1.29, 1.82) is 0 Å². The lowest BCUT2D eigenvalue weighted by molar-refractivity contribution is -0.128. The normalized spacial score (nSPS) is 12.3. The summed E-state index contributed by atoms with van der Waals surface area (Å²) in [5, 5.41) is 3.39. The van der Waals surface area contributed by atoms with Gasteiger partial charge in [-0.15, -0.1) is 0 Å². The highest BCUT2D eigenvalue weighted by atomic mass is 16.5. The Balaban J connectivity index is 1.53. The van der Waals surface area contributed by atoms with Gasteiger partial charge in [0.05, 0.1) is 10.9 Å². The summed E-state index contributed by atoms with van der Waals surface area (Å²) in [7, 11) is 0. The van der Waals surface area contributed by atoms with Crippen molar-refractivity contribution in [3.05, 3.63) is 112 Å². The fourth-order valence-corrected chi connectivity index (χ4v) is 3.96. The number of amides is 1. The van der Waals surface area contributed by atoms with Crippen LogP contribution in [0.15, 0.2) is 88.1 Å². The van der Waals surface area contributed by atoms with Crippen LogP contribution in [0, 0.1) is 12.8 Å². The van der Waals surface area contributed by atoms with Crippen LogP contribution in [0.5, 0.6) is 0 Å². The predicted molar refractivity (Wildman–Crippen MR) is 131 cm³/mol. The Morgan fingerprint density at radius 3 is 2.15 bits per heavy atom. The van der Waals surface area contributed by atoms with Crippen LogP contribution in [0.25, 0.3) is 10.9 Å². The summed E-state index contributed by atoms with van der Waals surface area (Å²) in [5.41, 5.74) is 2.81. The topological polar surface area (TPSA) is 81.4 Å². The number of carbonyl (C=O) groups is 1. The van der Waals surface area contributed by atoms with E-state index in [1.807, 2.05) is 93.6 Å². The number of benzene rings is 3. The number of aryl methyl sites for hydroxylation is 1. The van der Waals surface area contributed by atoms with Crippen molar-refractivity contribution < 1.29 is 13.9 Å². The smallest absolute Gasteiger partial charge is 0.347 e. The van der Waals surface area contributed by atoms with Gasteiger partial charge >= 0.3 is 5.63 Å². The second-order valence-electron chi connectivity index (χ2n) is 8.61. The van der Waals surface area contributed by atoms with E-state index in [4.69, 9.17) is 9.15 Å². The summed E-state index contributed by atoms with van der Waals surface area (Å²) < 4.78 is 11.6. The summed E-state index contributed by atoms with van der Waals surface area (Å²) in [6.45, 7) is 5.56. The van der Waals surface area contributed by atoms with Gasteiger partial charge in [0.15, 0.2) is 0 Å². The zero-order valence-corrected chi connectivity index (χ0v) is 19.5. The van der Waals surface area contributed by atoms with Gasteiger partial charge in [0.1, 0.15) is 18.8 Å². The van der Waals surface area contributed by atoms with Crippen molar-refractivity contribution in [1.82, 2.24) is 10.3 Å². The number of nitrogens with zero attached hydrogens (tertiary/aromatic N) is 1. The Bertz CT molecular complexity index is 1280. The number of aromatic nitrogens is 1. The molecule has 6 nitrogen and oxygen atoms in total. The van der Waals surface area contributed by atoms with Gasteiger partial charge in [-0.2, -0.15) is 0 Å². The molecule has 6 heteroatoms. The number of fused-ring (bicyclic) bond motifs is 1. The van der Waals surface area contributed by atoms with E-state index in [1.54, 1.807) is 6.07 Å². The first-order chi connectivity index (χ1) is 16.4. The van der Waals surface area contributed by atoms with E-state index >= 15 is 0 Å². The minimum absolute atomic E-state index is 0.0547. The van der Waals surface area contributed by atoms with Gasteiger partial charge < -0.3 is 14.5 Å². The molecule has 1 atom stereocenters. The van der Waals surface area contributed by atoms with Crippen LogP contribution in [0.2, 0.25) is 0 Å². The predicted octanol–water partition coefficient (Wildman–Crippen LogP) is 5.12. The second kappa shape index (κ2) is 10.4. The largest absolute Gasteiger partial charge is 0.406 e. The van der Waals surface area contributed by atoms with Gasteiger partial charge in [-0.3, -0.25) is 4.79 Å². The molecule has 34 heavy (non-hydrogen) atoms. The van der Waals surface area contributed by atoms with Crippen LogP contribution < -0.4 is 10.9 Å². The van der Waals surface area contributed by atoms with Gasteiger partial charge in [0, 0.05) is 0 Å². The molecule has 0 aliphatic rings.